The van der Waals surface area contributed by atoms with Crippen molar-refractivity contribution in [3.8, 4) is 0 Å². The molecule has 2 aromatic rings. The molecule has 2 rings (SSSR count). The quantitative estimate of drug-likeness (QED) is 0.679. The van der Waals surface area contributed by atoms with Gasteiger partial charge in [0, 0.05) is 13.2 Å². The van der Waals surface area contributed by atoms with Crippen LogP contribution in [0.15, 0.2) is 24.3 Å². The van der Waals surface area contributed by atoms with Crippen LogP contribution in [0.5, 0.6) is 0 Å². The number of nitrogens with one attached hydrogen (secondary N) is 1. The second kappa shape index (κ2) is 9.90. The summed E-state index contributed by atoms with van der Waals surface area (Å²) in [6, 6.07) is 8.16. The Morgan fingerprint density at radius 1 is 1.26 bits per heavy atom. The van der Waals surface area contributed by atoms with Crippen molar-refractivity contribution in [2.45, 2.75) is 47.1 Å². The van der Waals surface area contributed by atoms with Gasteiger partial charge >= 0.3 is 0 Å². The van der Waals surface area contributed by atoms with E-state index >= 15 is 0 Å². The fourth-order valence-electron chi connectivity index (χ4n) is 3.26. The van der Waals surface area contributed by atoms with Crippen molar-refractivity contribution in [3.63, 3.8) is 0 Å². The number of hydrogen-bond donors (Lipinski definition) is 2. The zero-order valence-electron chi connectivity index (χ0n) is 16.6. The van der Waals surface area contributed by atoms with Gasteiger partial charge in [0.15, 0.2) is 0 Å². The van der Waals surface area contributed by atoms with E-state index in [1.807, 2.05) is 31.2 Å². The van der Waals surface area contributed by atoms with Crippen LogP contribution in [0.4, 0.5) is 0 Å². The Balaban J connectivity index is 2.07. The number of halogens is 1. The maximum Gasteiger partial charge on any atom is 0.256 e. The average molecular weight is 392 g/mol. The van der Waals surface area contributed by atoms with Crippen LogP contribution >= 0.6 is 11.6 Å². The first kappa shape index (κ1) is 21.5. The number of rotatable bonds is 9. The van der Waals surface area contributed by atoms with Crippen LogP contribution < -0.4 is 5.32 Å². The maximum atomic E-state index is 12.7. The van der Waals surface area contributed by atoms with Gasteiger partial charge < -0.3 is 10.4 Å². The number of aryl methyl sites for hydroxylation is 2. The minimum atomic E-state index is -0.209. The summed E-state index contributed by atoms with van der Waals surface area (Å²) in [5.74, 6) is 0.557. The third-order valence-corrected chi connectivity index (χ3v) is 5.02. The Hall–Kier alpha value is -1.85. The summed E-state index contributed by atoms with van der Waals surface area (Å²) < 4.78 is 1.66. The molecule has 27 heavy (non-hydrogen) atoms. The molecule has 148 valence electrons. The van der Waals surface area contributed by atoms with Crippen molar-refractivity contribution in [1.82, 2.24) is 15.1 Å². The Kier molecular flexibility index (Phi) is 7.87. The van der Waals surface area contributed by atoms with E-state index in [1.165, 1.54) is 5.56 Å². The van der Waals surface area contributed by atoms with Gasteiger partial charge in [-0.3, -0.25) is 4.79 Å². The van der Waals surface area contributed by atoms with E-state index < -0.39 is 0 Å². The van der Waals surface area contributed by atoms with Gasteiger partial charge in [-0.15, -0.1) is 0 Å². The number of aliphatic hydroxyl groups excluding tert-OH is 1. The molecule has 0 saturated carbocycles. The first-order chi connectivity index (χ1) is 12.8. The smallest absolute Gasteiger partial charge is 0.256 e. The van der Waals surface area contributed by atoms with Crippen molar-refractivity contribution in [2.75, 3.05) is 13.2 Å². The largest absolute Gasteiger partial charge is 0.396 e. The third-order valence-electron chi connectivity index (χ3n) is 4.64. The summed E-state index contributed by atoms with van der Waals surface area (Å²) >= 11 is 6.47. The van der Waals surface area contributed by atoms with E-state index in [0.29, 0.717) is 41.8 Å². The van der Waals surface area contributed by atoms with Crippen LogP contribution in [0.1, 0.15) is 53.9 Å². The van der Waals surface area contributed by atoms with Crippen LogP contribution in [0.3, 0.4) is 0 Å². The van der Waals surface area contributed by atoms with Crippen LogP contribution in [0, 0.1) is 25.7 Å². The summed E-state index contributed by atoms with van der Waals surface area (Å²) in [6.45, 7) is 9.29. The Labute approximate surface area is 166 Å². The molecule has 0 unspecified atom stereocenters. The number of hydrogen-bond acceptors (Lipinski definition) is 3. The van der Waals surface area contributed by atoms with Gasteiger partial charge in [0.05, 0.1) is 17.8 Å². The van der Waals surface area contributed by atoms with E-state index in [9.17, 15) is 9.90 Å². The highest BCUT2D eigenvalue weighted by Crippen LogP contribution is 2.22. The molecule has 0 aliphatic rings. The fraction of sp³-hybridized carbons (Fsp3) is 0.524. The second-order valence-electron chi connectivity index (χ2n) is 7.61. The Bertz CT molecular complexity index is 754. The molecule has 1 aromatic heterocycles. The molecule has 0 fully saturated rings. The lowest BCUT2D eigenvalue weighted by Crippen LogP contribution is -2.30. The zero-order valence-corrected chi connectivity index (χ0v) is 17.4. The SMILES string of the molecule is Cc1ccc(Cn2nc(C)c(C(=O)NC[C@@H](CCO)CC(C)C)c2Cl)cc1. The molecule has 1 heterocycles. The third kappa shape index (κ3) is 6.08. The maximum absolute atomic E-state index is 12.7. The van der Waals surface area contributed by atoms with Crippen LogP contribution in [0.25, 0.3) is 0 Å². The first-order valence-electron chi connectivity index (χ1n) is 9.49. The summed E-state index contributed by atoms with van der Waals surface area (Å²) in [5.41, 5.74) is 3.32. The number of nitrogens with zero attached hydrogens (tertiary/aromatic N) is 2. The molecular formula is C21H30ClN3O2. The van der Waals surface area contributed by atoms with E-state index in [4.69, 9.17) is 11.6 Å². The van der Waals surface area contributed by atoms with Crippen LogP contribution in [-0.4, -0.2) is 33.9 Å². The lowest BCUT2D eigenvalue weighted by molar-refractivity contribution is 0.0941. The van der Waals surface area contributed by atoms with E-state index in [1.54, 1.807) is 11.6 Å². The number of carbonyl (C=O) groups excluding carboxylic acids is 1. The van der Waals surface area contributed by atoms with E-state index in [0.717, 1.165) is 12.0 Å². The molecule has 0 aliphatic carbocycles. The normalized spacial score (nSPS) is 12.4. The lowest BCUT2D eigenvalue weighted by Gasteiger charge is -2.18. The minimum absolute atomic E-state index is 0.127. The van der Waals surface area contributed by atoms with Gasteiger partial charge in [-0.25, -0.2) is 4.68 Å². The molecular weight excluding hydrogens is 362 g/mol. The average Bonchev–Trinajstić information content (AvgIpc) is 2.88. The van der Waals surface area contributed by atoms with Crippen molar-refractivity contribution < 1.29 is 9.90 Å². The molecule has 0 aliphatic heterocycles. The number of benzene rings is 1. The highest BCUT2D eigenvalue weighted by Gasteiger charge is 2.21. The predicted octanol–water partition coefficient (Wildman–Crippen LogP) is 3.98. The molecule has 6 heteroatoms. The van der Waals surface area contributed by atoms with Gasteiger partial charge in [-0.1, -0.05) is 55.3 Å². The van der Waals surface area contributed by atoms with Crippen LogP contribution in [-0.2, 0) is 6.54 Å². The monoisotopic (exact) mass is 391 g/mol. The topological polar surface area (TPSA) is 67.2 Å². The molecule has 5 nitrogen and oxygen atoms in total. The number of amides is 1. The molecule has 0 spiro atoms. The predicted molar refractivity (Wildman–Crippen MR) is 109 cm³/mol. The van der Waals surface area contributed by atoms with Gasteiger partial charge in [0.1, 0.15) is 5.15 Å². The first-order valence-corrected chi connectivity index (χ1v) is 9.87. The summed E-state index contributed by atoms with van der Waals surface area (Å²) in [7, 11) is 0. The van der Waals surface area contributed by atoms with Crippen molar-refractivity contribution in [1.29, 1.82) is 0 Å². The van der Waals surface area contributed by atoms with E-state index in [2.05, 4.69) is 24.3 Å². The molecule has 1 aromatic carbocycles. The van der Waals surface area contributed by atoms with Crippen molar-refractivity contribution >= 4 is 17.5 Å². The van der Waals surface area contributed by atoms with Gasteiger partial charge in [0.25, 0.3) is 5.91 Å². The van der Waals surface area contributed by atoms with Crippen LogP contribution in [0.2, 0.25) is 5.15 Å². The summed E-state index contributed by atoms with van der Waals surface area (Å²) in [6.07, 6.45) is 1.64. The van der Waals surface area contributed by atoms with Crippen molar-refractivity contribution in [3.05, 3.63) is 51.8 Å². The Morgan fingerprint density at radius 2 is 1.93 bits per heavy atom. The number of aliphatic hydroxyl groups is 1. The number of carbonyl (C=O) groups is 1. The highest BCUT2D eigenvalue weighted by atomic mass is 35.5. The lowest BCUT2D eigenvalue weighted by atomic mass is 9.94. The molecule has 0 bridgehead atoms. The Morgan fingerprint density at radius 3 is 2.52 bits per heavy atom. The molecule has 1 amide bonds. The minimum Gasteiger partial charge on any atom is -0.396 e. The van der Waals surface area contributed by atoms with E-state index in [-0.39, 0.29) is 18.4 Å². The fourth-order valence-corrected chi connectivity index (χ4v) is 3.58. The standard InChI is InChI=1S/C21H30ClN3O2/c1-14(2)11-18(9-10-26)12-23-21(27)19-16(4)24-25(20(19)22)13-17-7-5-15(3)6-8-17/h5-8,14,18,26H,9-13H2,1-4H3,(H,23,27)/t18-/m0/s1. The highest BCUT2D eigenvalue weighted by molar-refractivity contribution is 6.33. The molecule has 1 atom stereocenters. The van der Waals surface area contributed by atoms with Crippen molar-refractivity contribution in [2.24, 2.45) is 11.8 Å². The number of aromatic nitrogens is 2. The van der Waals surface area contributed by atoms with Gasteiger partial charge in [-0.2, -0.15) is 5.10 Å². The molecule has 2 N–H and O–H groups in total. The van der Waals surface area contributed by atoms with Gasteiger partial charge in [0.2, 0.25) is 0 Å². The molecule has 0 radical (unpaired) electrons. The second-order valence-corrected chi connectivity index (χ2v) is 7.97. The van der Waals surface area contributed by atoms with Gasteiger partial charge in [-0.05, 0) is 44.1 Å². The zero-order chi connectivity index (χ0) is 20.0. The molecule has 0 saturated heterocycles. The summed E-state index contributed by atoms with van der Waals surface area (Å²) in [4.78, 5) is 12.7. The summed E-state index contributed by atoms with van der Waals surface area (Å²) in [5, 5.41) is 17.0.